The molecule has 1 heterocycles. The van der Waals surface area contributed by atoms with E-state index in [-0.39, 0.29) is 24.3 Å². The van der Waals surface area contributed by atoms with Crippen molar-refractivity contribution in [3.05, 3.63) is 120 Å². The van der Waals surface area contributed by atoms with Crippen molar-refractivity contribution in [1.29, 1.82) is 0 Å². The smallest absolute Gasteiger partial charge is 0.417 e. The van der Waals surface area contributed by atoms with Gasteiger partial charge in [0.15, 0.2) is 0 Å². The number of rotatable bonds is 10. The van der Waals surface area contributed by atoms with Gasteiger partial charge >= 0.3 is 6.09 Å². The molecular formula is C31H33NO3. The van der Waals surface area contributed by atoms with E-state index in [1.54, 1.807) is 0 Å². The second kappa shape index (κ2) is 11.7. The van der Waals surface area contributed by atoms with Crippen molar-refractivity contribution >= 4 is 12.0 Å². The van der Waals surface area contributed by atoms with Crippen LogP contribution in [0.4, 0.5) is 4.79 Å². The Balaban J connectivity index is 1.74. The summed E-state index contributed by atoms with van der Waals surface area (Å²) in [6.07, 6.45) is 3.82. The lowest BCUT2D eigenvalue weighted by molar-refractivity contribution is -0.134. The normalized spacial score (nSPS) is 17.1. The predicted molar refractivity (Wildman–Crippen MR) is 139 cm³/mol. The van der Waals surface area contributed by atoms with Gasteiger partial charge in [-0.15, -0.1) is 6.58 Å². The third kappa shape index (κ3) is 5.37. The predicted octanol–water partition coefficient (Wildman–Crippen LogP) is 6.94. The highest BCUT2D eigenvalue weighted by Gasteiger charge is 2.46. The average Bonchev–Trinajstić information content (AvgIpc) is 3.28. The Morgan fingerprint density at radius 1 is 0.943 bits per heavy atom. The number of imide groups is 1. The first kappa shape index (κ1) is 24.5. The van der Waals surface area contributed by atoms with Gasteiger partial charge in [0, 0.05) is 17.8 Å². The van der Waals surface area contributed by atoms with Gasteiger partial charge in [0.1, 0.15) is 6.61 Å². The number of allylic oxidation sites excluding steroid dienone is 1. The number of benzene rings is 3. The van der Waals surface area contributed by atoms with E-state index in [0.29, 0.717) is 6.42 Å². The SMILES string of the molecule is C=C[C@@H](c1ccccc1)[C@H](CCCC)C(=O)N1C(=O)OC[C@H]1C(c1ccccc1)c1ccccc1. The summed E-state index contributed by atoms with van der Waals surface area (Å²) in [6.45, 7) is 6.34. The van der Waals surface area contributed by atoms with Gasteiger partial charge in [0.2, 0.25) is 5.91 Å². The number of carbonyl (C=O) groups excluding carboxylic acids is 2. The van der Waals surface area contributed by atoms with E-state index >= 15 is 0 Å². The summed E-state index contributed by atoms with van der Waals surface area (Å²) >= 11 is 0. The van der Waals surface area contributed by atoms with Gasteiger partial charge in [-0.1, -0.05) is 117 Å². The first-order valence-electron chi connectivity index (χ1n) is 12.4. The molecule has 2 amide bonds. The summed E-state index contributed by atoms with van der Waals surface area (Å²) in [4.78, 5) is 28.7. The van der Waals surface area contributed by atoms with E-state index in [0.717, 1.165) is 29.5 Å². The molecule has 3 aromatic carbocycles. The Labute approximate surface area is 208 Å². The van der Waals surface area contributed by atoms with Crippen LogP contribution in [0.25, 0.3) is 0 Å². The highest BCUT2D eigenvalue weighted by atomic mass is 16.6. The highest BCUT2D eigenvalue weighted by molar-refractivity contribution is 5.95. The summed E-state index contributed by atoms with van der Waals surface area (Å²) < 4.78 is 5.54. The van der Waals surface area contributed by atoms with Gasteiger partial charge in [-0.3, -0.25) is 4.79 Å². The topological polar surface area (TPSA) is 46.6 Å². The summed E-state index contributed by atoms with van der Waals surface area (Å²) in [5.74, 6) is -0.943. The number of ether oxygens (including phenoxy) is 1. The van der Waals surface area contributed by atoms with E-state index in [1.165, 1.54) is 4.90 Å². The fourth-order valence-electron chi connectivity index (χ4n) is 5.16. The van der Waals surface area contributed by atoms with Crippen LogP contribution in [-0.4, -0.2) is 29.5 Å². The Hall–Kier alpha value is -3.66. The molecule has 1 aliphatic heterocycles. The molecular weight excluding hydrogens is 434 g/mol. The molecule has 1 saturated heterocycles. The zero-order chi connectivity index (χ0) is 24.6. The summed E-state index contributed by atoms with van der Waals surface area (Å²) in [5.41, 5.74) is 3.13. The van der Waals surface area contributed by atoms with Crippen molar-refractivity contribution in [2.45, 2.75) is 44.1 Å². The third-order valence-electron chi connectivity index (χ3n) is 6.90. The van der Waals surface area contributed by atoms with Crippen LogP contribution in [-0.2, 0) is 9.53 Å². The first-order chi connectivity index (χ1) is 17.2. The monoisotopic (exact) mass is 467 g/mol. The van der Waals surface area contributed by atoms with Crippen LogP contribution in [0, 0.1) is 5.92 Å². The number of cyclic esters (lactones) is 1. The number of amides is 2. The molecule has 0 aliphatic carbocycles. The van der Waals surface area contributed by atoms with Crippen LogP contribution in [0.15, 0.2) is 104 Å². The largest absolute Gasteiger partial charge is 0.447 e. The number of unbranched alkanes of at least 4 members (excludes halogenated alkanes) is 1. The molecule has 4 heteroatoms. The number of nitrogens with zero attached hydrogens (tertiary/aromatic N) is 1. The molecule has 0 radical (unpaired) electrons. The molecule has 4 rings (SSSR count). The molecule has 1 aliphatic rings. The zero-order valence-corrected chi connectivity index (χ0v) is 20.3. The molecule has 0 saturated carbocycles. The number of hydrogen-bond acceptors (Lipinski definition) is 3. The van der Waals surface area contributed by atoms with Crippen molar-refractivity contribution in [1.82, 2.24) is 4.90 Å². The highest BCUT2D eigenvalue weighted by Crippen LogP contribution is 2.38. The molecule has 1 fully saturated rings. The maximum atomic E-state index is 14.2. The minimum Gasteiger partial charge on any atom is -0.447 e. The maximum absolute atomic E-state index is 14.2. The minimum atomic E-state index is -0.561. The lowest BCUT2D eigenvalue weighted by Gasteiger charge is -2.33. The lowest BCUT2D eigenvalue weighted by Crippen LogP contribution is -2.46. The van der Waals surface area contributed by atoms with Crippen molar-refractivity contribution in [3.63, 3.8) is 0 Å². The van der Waals surface area contributed by atoms with Crippen molar-refractivity contribution in [2.24, 2.45) is 5.92 Å². The average molecular weight is 468 g/mol. The van der Waals surface area contributed by atoms with E-state index < -0.39 is 18.1 Å². The quantitative estimate of drug-likeness (QED) is 0.303. The van der Waals surface area contributed by atoms with Crippen molar-refractivity contribution in [2.75, 3.05) is 6.61 Å². The third-order valence-corrected chi connectivity index (χ3v) is 6.90. The standard InChI is InChI=1S/C31H33NO3/c1-3-5-21-27(26(4-2)23-15-9-6-10-16-23)30(33)32-28(22-35-31(32)34)29(24-17-11-7-12-18-24)25-19-13-8-14-20-25/h4,6-20,26-29H,2-3,5,21-22H2,1H3/t26-,27-,28-/m0/s1. The fraction of sp³-hybridized carbons (Fsp3) is 0.290. The van der Waals surface area contributed by atoms with Gasteiger partial charge in [0.05, 0.1) is 6.04 Å². The van der Waals surface area contributed by atoms with Crippen LogP contribution in [0.2, 0.25) is 0 Å². The van der Waals surface area contributed by atoms with Gasteiger partial charge in [-0.2, -0.15) is 0 Å². The van der Waals surface area contributed by atoms with Crippen molar-refractivity contribution < 1.29 is 14.3 Å². The summed E-state index contributed by atoms with van der Waals surface area (Å²) in [5, 5.41) is 0. The van der Waals surface area contributed by atoms with E-state index in [2.05, 4.69) is 13.5 Å². The molecule has 3 atom stereocenters. The van der Waals surface area contributed by atoms with Crippen LogP contribution in [0.1, 0.15) is 54.7 Å². The lowest BCUT2D eigenvalue weighted by atomic mass is 9.80. The molecule has 0 spiro atoms. The van der Waals surface area contributed by atoms with E-state index in [4.69, 9.17) is 4.74 Å². The van der Waals surface area contributed by atoms with Crippen molar-refractivity contribution in [3.8, 4) is 0 Å². The minimum absolute atomic E-state index is 0.170. The van der Waals surface area contributed by atoms with Crippen LogP contribution < -0.4 is 0 Å². The van der Waals surface area contributed by atoms with Gasteiger partial charge < -0.3 is 4.74 Å². The number of hydrogen-bond donors (Lipinski definition) is 0. The van der Waals surface area contributed by atoms with Gasteiger partial charge in [0.25, 0.3) is 0 Å². The first-order valence-corrected chi connectivity index (χ1v) is 12.4. The van der Waals surface area contributed by atoms with Gasteiger partial charge in [-0.05, 0) is 23.1 Å². The Bertz CT molecular complexity index is 1070. The molecule has 0 N–H and O–H groups in total. The molecule has 0 unspecified atom stereocenters. The zero-order valence-electron chi connectivity index (χ0n) is 20.3. The molecule has 35 heavy (non-hydrogen) atoms. The number of carbonyl (C=O) groups is 2. The molecule has 4 nitrogen and oxygen atoms in total. The Morgan fingerprint density at radius 2 is 1.46 bits per heavy atom. The maximum Gasteiger partial charge on any atom is 0.417 e. The summed E-state index contributed by atoms with van der Waals surface area (Å²) in [6, 6.07) is 29.6. The summed E-state index contributed by atoms with van der Waals surface area (Å²) in [7, 11) is 0. The second-order valence-corrected chi connectivity index (χ2v) is 9.07. The van der Waals surface area contributed by atoms with Crippen LogP contribution >= 0.6 is 0 Å². The fourth-order valence-corrected chi connectivity index (χ4v) is 5.16. The molecule has 0 bridgehead atoms. The molecule has 180 valence electrons. The van der Waals surface area contributed by atoms with Crippen LogP contribution in [0.5, 0.6) is 0 Å². The van der Waals surface area contributed by atoms with Gasteiger partial charge in [-0.25, -0.2) is 9.69 Å². The van der Waals surface area contributed by atoms with Crippen LogP contribution in [0.3, 0.4) is 0 Å². The van der Waals surface area contributed by atoms with E-state index in [9.17, 15) is 9.59 Å². The Morgan fingerprint density at radius 3 is 1.94 bits per heavy atom. The molecule has 0 aromatic heterocycles. The Kier molecular flexibility index (Phi) is 8.15. The second-order valence-electron chi connectivity index (χ2n) is 9.07. The van der Waals surface area contributed by atoms with E-state index in [1.807, 2.05) is 97.1 Å². The molecule has 3 aromatic rings.